The van der Waals surface area contributed by atoms with E-state index in [0.717, 1.165) is 0 Å². The van der Waals surface area contributed by atoms with E-state index in [2.05, 4.69) is 15.0 Å². The molecule has 8 heavy (non-hydrogen) atoms. The Balaban J connectivity index is 0. The molecule has 0 bridgehead atoms. The zero-order valence-corrected chi connectivity index (χ0v) is 5.52. The van der Waals surface area contributed by atoms with Gasteiger partial charge in [-0.3, -0.25) is 0 Å². The second-order valence-electron chi connectivity index (χ2n) is 0.794. The molecule has 0 saturated heterocycles. The molecular formula is C3H5Cl2N3. The molecule has 0 aromatic carbocycles. The monoisotopic (exact) mass is 153 g/mol. The summed E-state index contributed by atoms with van der Waals surface area (Å²) in [5.74, 6) is 0. The third-order valence-corrected chi connectivity index (χ3v) is 0.400. The molecule has 3 nitrogen and oxygen atoms in total. The Morgan fingerprint density at radius 1 is 0.625 bits per heavy atom. The predicted octanol–water partition coefficient (Wildman–Crippen LogP) is 0.715. The lowest BCUT2D eigenvalue weighted by Gasteiger charge is -1.69. The first-order chi connectivity index (χ1) is 3.00. The molecular weight excluding hydrogens is 149 g/mol. The number of hydrogen-bond donors (Lipinski definition) is 0. The molecule has 0 aliphatic rings. The zero-order chi connectivity index (χ0) is 4.24. The summed E-state index contributed by atoms with van der Waals surface area (Å²) in [5.41, 5.74) is 0. The summed E-state index contributed by atoms with van der Waals surface area (Å²) < 4.78 is 0. The van der Waals surface area contributed by atoms with E-state index < -0.39 is 0 Å². The lowest BCUT2D eigenvalue weighted by atomic mass is 11.1. The van der Waals surface area contributed by atoms with Gasteiger partial charge in [-0.25, -0.2) is 15.0 Å². The Morgan fingerprint density at radius 3 is 1.00 bits per heavy atom. The summed E-state index contributed by atoms with van der Waals surface area (Å²) in [7, 11) is 0. The van der Waals surface area contributed by atoms with E-state index in [1.807, 2.05) is 0 Å². The van der Waals surface area contributed by atoms with Gasteiger partial charge < -0.3 is 0 Å². The van der Waals surface area contributed by atoms with Crippen LogP contribution in [-0.4, -0.2) is 15.0 Å². The van der Waals surface area contributed by atoms with Gasteiger partial charge in [-0.05, 0) is 0 Å². The minimum atomic E-state index is 0. The Hall–Kier alpha value is -0.410. The van der Waals surface area contributed by atoms with Crippen molar-refractivity contribution in [3.63, 3.8) is 0 Å². The average molecular weight is 154 g/mol. The highest BCUT2D eigenvalue weighted by atomic mass is 35.5. The first kappa shape index (κ1) is 10.5. The van der Waals surface area contributed by atoms with E-state index in [4.69, 9.17) is 0 Å². The largest absolute Gasteiger partial charge is 0.225 e. The summed E-state index contributed by atoms with van der Waals surface area (Å²) in [5, 5.41) is 0. The van der Waals surface area contributed by atoms with Crippen molar-refractivity contribution in [2.45, 2.75) is 0 Å². The molecule has 0 amide bonds. The third-order valence-electron chi connectivity index (χ3n) is 0.400. The Labute approximate surface area is 59.4 Å². The molecule has 1 aromatic heterocycles. The maximum absolute atomic E-state index is 3.56. The van der Waals surface area contributed by atoms with Crippen LogP contribution in [0.2, 0.25) is 0 Å². The molecule has 0 saturated carbocycles. The maximum Gasteiger partial charge on any atom is 0.119 e. The highest BCUT2D eigenvalue weighted by Crippen LogP contribution is 1.57. The van der Waals surface area contributed by atoms with Gasteiger partial charge in [-0.2, -0.15) is 0 Å². The van der Waals surface area contributed by atoms with Crippen LogP contribution in [0.5, 0.6) is 0 Å². The molecule has 1 heterocycles. The van der Waals surface area contributed by atoms with Crippen LogP contribution in [-0.2, 0) is 0 Å². The van der Waals surface area contributed by atoms with E-state index >= 15 is 0 Å². The van der Waals surface area contributed by atoms with Gasteiger partial charge in [-0.1, -0.05) is 0 Å². The normalized spacial score (nSPS) is 6.00. The summed E-state index contributed by atoms with van der Waals surface area (Å²) in [6.07, 6.45) is 4.31. The second-order valence-corrected chi connectivity index (χ2v) is 0.794. The molecule has 0 spiro atoms. The van der Waals surface area contributed by atoms with Crippen LogP contribution in [0.1, 0.15) is 0 Å². The summed E-state index contributed by atoms with van der Waals surface area (Å²) in [4.78, 5) is 10.7. The number of halogens is 2. The Morgan fingerprint density at radius 2 is 0.875 bits per heavy atom. The summed E-state index contributed by atoms with van der Waals surface area (Å²) in [6, 6.07) is 0. The first-order valence-corrected chi connectivity index (χ1v) is 1.55. The fraction of sp³-hybridized carbons (Fsp3) is 0. The number of hydrogen-bond acceptors (Lipinski definition) is 3. The first-order valence-electron chi connectivity index (χ1n) is 1.55. The van der Waals surface area contributed by atoms with Gasteiger partial charge in [0, 0.05) is 0 Å². The van der Waals surface area contributed by atoms with Gasteiger partial charge in [0.1, 0.15) is 19.0 Å². The third kappa shape index (κ3) is 3.77. The Bertz CT molecular complexity index is 84.5. The Kier molecular flexibility index (Phi) is 8.69. The van der Waals surface area contributed by atoms with Gasteiger partial charge in [-0.15, -0.1) is 24.8 Å². The SMILES string of the molecule is Cl.Cl.c1ncncn1. The minimum absolute atomic E-state index is 0. The number of nitrogens with zero attached hydrogens (tertiary/aromatic N) is 3. The predicted molar refractivity (Wildman–Crippen MR) is 34.3 cm³/mol. The van der Waals surface area contributed by atoms with Gasteiger partial charge in [0.15, 0.2) is 0 Å². The topological polar surface area (TPSA) is 38.7 Å². The van der Waals surface area contributed by atoms with Crippen molar-refractivity contribution in [3.05, 3.63) is 19.0 Å². The van der Waals surface area contributed by atoms with Crippen molar-refractivity contribution in [3.8, 4) is 0 Å². The molecule has 5 heteroatoms. The zero-order valence-electron chi connectivity index (χ0n) is 3.89. The lowest BCUT2D eigenvalue weighted by Crippen LogP contribution is -1.73. The van der Waals surface area contributed by atoms with E-state index in [0.29, 0.717) is 0 Å². The van der Waals surface area contributed by atoms with Crippen LogP contribution in [0.25, 0.3) is 0 Å². The molecule has 1 aromatic rings. The molecule has 0 aliphatic heterocycles. The molecule has 46 valence electrons. The van der Waals surface area contributed by atoms with Crippen molar-refractivity contribution in [2.75, 3.05) is 0 Å². The van der Waals surface area contributed by atoms with Crippen LogP contribution in [0.15, 0.2) is 19.0 Å². The summed E-state index contributed by atoms with van der Waals surface area (Å²) in [6.45, 7) is 0. The van der Waals surface area contributed by atoms with E-state index in [-0.39, 0.29) is 24.8 Å². The van der Waals surface area contributed by atoms with Crippen LogP contribution in [0.4, 0.5) is 0 Å². The van der Waals surface area contributed by atoms with E-state index in [9.17, 15) is 0 Å². The smallest absolute Gasteiger partial charge is 0.119 e. The van der Waals surface area contributed by atoms with E-state index in [1.54, 1.807) is 0 Å². The number of rotatable bonds is 0. The highest BCUT2D eigenvalue weighted by molar-refractivity contribution is 5.85. The summed E-state index contributed by atoms with van der Waals surface area (Å²) >= 11 is 0. The van der Waals surface area contributed by atoms with Gasteiger partial charge in [0.2, 0.25) is 0 Å². The average Bonchev–Trinajstić information content (AvgIpc) is 1.72. The van der Waals surface area contributed by atoms with Gasteiger partial charge in [0.05, 0.1) is 0 Å². The minimum Gasteiger partial charge on any atom is -0.225 e. The van der Waals surface area contributed by atoms with Crippen molar-refractivity contribution in [2.24, 2.45) is 0 Å². The second kappa shape index (κ2) is 6.59. The van der Waals surface area contributed by atoms with E-state index in [1.165, 1.54) is 19.0 Å². The molecule has 0 aliphatic carbocycles. The lowest BCUT2D eigenvalue weighted by molar-refractivity contribution is 1.05. The fourth-order valence-electron chi connectivity index (χ4n) is 0.205. The quantitative estimate of drug-likeness (QED) is 0.552. The van der Waals surface area contributed by atoms with Crippen LogP contribution in [0.3, 0.4) is 0 Å². The standard InChI is InChI=1S/C3H3N3.2ClH/c1-4-2-6-3-5-1;;/h1-3H;2*1H. The molecule has 0 atom stereocenters. The molecule has 0 N–H and O–H groups in total. The van der Waals surface area contributed by atoms with Crippen LogP contribution >= 0.6 is 24.8 Å². The van der Waals surface area contributed by atoms with Crippen LogP contribution < -0.4 is 0 Å². The molecule has 0 fully saturated rings. The highest BCUT2D eigenvalue weighted by Gasteiger charge is 1.59. The van der Waals surface area contributed by atoms with Crippen molar-refractivity contribution >= 4 is 24.8 Å². The fourth-order valence-corrected chi connectivity index (χ4v) is 0.205. The van der Waals surface area contributed by atoms with Gasteiger partial charge in [0.25, 0.3) is 0 Å². The maximum atomic E-state index is 3.56. The van der Waals surface area contributed by atoms with Gasteiger partial charge >= 0.3 is 0 Å². The van der Waals surface area contributed by atoms with Crippen molar-refractivity contribution < 1.29 is 0 Å². The number of aromatic nitrogens is 3. The molecule has 1 rings (SSSR count). The molecule has 0 unspecified atom stereocenters. The van der Waals surface area contributed by atoms with Crippen molar-refractivity contribution in [1.29, 1.82) is 0 Å². The van der Waals surface area contributed by atoms with Crippen LogP contribution in [0, 0.1) is 0 Å². The molecule has 0 radical (unpaired) electrons. The van der Waals surface area contributed by atoms with Crippen molar-refractivity contribution in [1.82, 2.24) is 15.0 Å².